The molecule has 160 valence electrons. The third-order valence-electron chi connectivity index (χ3n) is 3.99. The largest absolute Gasteiger partial charge is 0.488 e. The fourth-order valence-corrected chi connectivity index (χ4v) is 4.03. The SMILES string of the molecule is Cc1cc(C)nc(SCC(=O)N/N=C\c2ccc(OCc3ccccc3Cl)c(Br)c2)n1. The Kier molecular flexibility index (Phi) is 8.45. The second-order valence-corrected chi connectivity index (χ2v) is 8.79. The van der Waals surface area contributed by atoms with E-state index in [2.05, 4.69) is 36.4 Å². The Bertz CT molecular complexity index is 1090. The van der Waals surface area contributed by atoms with Crippen molar-refractivity contribution in [1.29, 1.82) is 0 Å². The molecule has 0 aliphatic carbocycles. The highest BCUT2D eigenvalue weighted by molar-refractivity contribution is 9.10. The van der Waals surface area contributed by atoms with Gasteiger partial charge in [0, 0.05) is 22.0 Å². The molecule has 1 heterocycles. The van der Waals surface area contributed by atoms with Crippen molar-refractivity contribution in [1.82, 2.24) is 15.4 Å². The van der Waals surface area contributed by atoms with E-state index in [1.54, 1.807) is 6.21 Å². The van der Waals surface area contributed by atoms with Gasteiger partial charge in [-0.15, -0.1) is 0 Å². The van der Waals surface area contributed by atoms with E-state index in [0.717, 1.165) is 27.0 Å². The predicted octanol–water partition coefficient (Wildman–Crippen LogP) is 5.33. The Morgan fingerprint density at radius 1 is 1.19 bits per heavy atom. The van der Waals surface area contributed by atoms with Gasteiger partial charge in [0.25, 0.3) is 5.91 Å². The maximum absolute atomic E-state index is 12.0. The zero-order chi connectivity index (χ0) is 22.2. The van der Waals surface area contributed by atoms with Crippen LogP contribution in [-0.2, 0) is 11.4 Å². The van der Waals surface area contributed by atoms with Crippen LogP contribution in [0.2, 0.25) is 5.02 Å². The zero-order valence-corrected chi connectivity index (χ0v) is 20.1. The number of hydrazone groups is 1. The van der Waals surface area contributed by atoms with Gasteiger partial charge in [0.1, 0.15) is 12.4 Å². The fraction of sp³-hybridized carbons (Fsp3) is 0.182. The number of carbonyl (C=O) groups is 1. The number of aryl methyl sites for hydroxylation is 2. The van der Waals surface area contributed by atoms with E-state index in [1.807, 2.05) is 62.4 Å². The van der Waals surface area contributed by atoms with Gasteiger partial charge in [0.15, 0.2) is 5.16 Å². The van der Waals surface area contributed by atoms with Gasteiger partial charge in [-0.25, -0.2) is 15.4 Å². The molecule has 1 N–H and O–H groups in total. The molecular weight excluding hydrogens is 500 g/mol. The number of amides is 1. The average Bonchev–Trinajstić information content (AvgIpc) is 2.72. The van der Waals surface area contributed by atoms with Crippen molar-refractivity contribution in [3.05, 3.63) is 80.5 Å². The van der Waals surface area contributed by atoms with Gasteiger partial charge in [-0.3, -0.25) is 4.79 Å². The molecule has 9 heteroatoms. The van der Waals surface area contributed by atoms with Gasteiger partial charge >= 0.3 is 0 Å². The molecule has 0 bridgehead atoms. The number of benzene rings is 2. The number of halogens is 2. The van der Waals surface area contributed by atoms with Crippen LogP contribution in [0.25, 0.3) is 0 Å². The minimum absolute atomic E-state index is 0.179. The lowest BCUT2D eigenvalue weighted by atomic mass is 10.2. The number of aromatic nitrogens is 2. The van der Waals surface area contributed by atoms with Gasteiger partial charge < -0.3 is 4.74 Å². The highest BCUT2D eigenvalue weighted by Crippen LogP contribution is 2.27. The number of nitrogens with zero attached hydrogens (tertiary/aromatic N) is 3. The monoisotopic (exact) mass is 518 g/mol. The first-order chi connectivity index (χ1) is 14.9. The van der Waals surface area contributed by atoms with Crippen LogP contribution in [0.5, 0.6) is 5.75 Å². The number of carbonyl (C=O) groups excluding carboxylic acids is 1. The summed E-state index contributed by atoms with van der Waals surface area (Å²) >= 11 is 10.9. The van der Waals surface area contributed by atoms with Crippen molar-refractivity contribution in [2.45, 2.75) is 25.6 Å². The Balaban J connectivity index is 1.49. The summed E-state index contributed by atoms with van der Waals surface area (Å²) in [6.45, 7) is 4.16. The van der Waals surface area contributed by atoms with Crippen LogP contribution in [-0.4, -0.2) is 27.8 Å². The maximum Gasteiger partial charge on any atom is 0.250 e. The van der Waals surface area contributed by atoms with Gasteiger partial charge in [-0.1, -0.05) is 41.6 Å². The molecule has 1 amide bonds. The van der Waals surface area contributed by atoms with Crippen LogP contribution in [0.15, 0.2) is 63.3 Å². The van der Waals surface area contributed by atoms with Crippen molar-refractivity contribution >= 4 is 51.4 Å². The molecule has 0 saturated heterocycles. The van der Waals surface area contributed by atoms with E-state index in [0.29, 0.717) is 22.5 Å². The molecule has 0 fully saturated rings. The Morgan fingerprint density at radius 3 is 2.65 bits per heavy atom. The summed E-state index contributed by atoms with van der Waals surface area (Å²) in [6.07, 6.45) is 1.57. The van der Waals surface area contributed by atoms with E-state index in [-0.39, 0.29) is 11.7 Å². The first-order valence-corrected chi connectivity index (χ1v) is 11.5. The van der Waals surface area contributed by atoms with Crippen molar-refractivity contribution in [2.24, 2.45) is 5.10 Å². The quantitative estimate of drug-likeness (QED) is 0.188. The maximum atomic E-state index is 12.0. The average molecular weight is 520 g/mol. The van der Waals surface area contributed by atoms with Crippen LogP contribution in [0.3, 0.4) is 0 Å². The second kappa shape index (κ2) is 11.3. The first-order valence-electron chi connectivity index (χ1n) is 9.33. The molecule has 0 unspecified atom stereocenters. The highest BCUT2D eigenvalue weighted by Gasteiger charge is 2.07. The van der Waals surface area contributed by atoms with Gasteiger partial charge in [0.05, 0.1) is 16.4 Å². The second-order valence-electron chi connectivity index (χ2n) is 6.59. The number of hydrogen-bond acceptors (Lipinski definition) is 6. The number of hydrogen-bond donors (Lipinski definition) is 1. The van der Waals surface area contributed by atoms with Crippen molar-refractivity contribution in [3.63, 3.8) is 0 Å². The Labute approximate surface area is 198 Å². The minimum Gasteiger partial charge on any atom is -0.488 e. The van der Waals surface area contributed by atoms with Crippen LogP contribution in [0, 0.1) is 13.8 Å². The summed E-state index contributed by atoms with van der Waals surface area (Å²) in [7, 11) is 0. The summed E-state index contributed by atoms with van der Waals surface area (Å²) in [6, 6.07) is 15.0. The predicted molar refractivity (Wildman–Crippen MR) is 128 cm³/mol. The van der Waals surface area contributed by atoms with Crippen LogP contribution >= 0.6 is 39.3 Å². The number of nitrogens with one attached hydrogen (secondary N) is 1. The van der Waals surface area contributed by atoms with Crippen molar-refractivity contribution in [3.8, 4) is 5.75 Å². The first kappa shape index (κ1) is 23.2. The van der Waals surface area contributed by atoms with E-state index >= 15 is 0 Å². The van der Waals surface area contributed by atoms with Crippen molar-refractivity contribution in [2.75, 3.05) is 5.75 Å². The summed E-state index contributed by atoms with van der Waals surface area (Å²) in [4.78, 5) is 20.6. The summed E-state index contributed by atoms with van der Waals surface area (Å²) in [5, 5.41) is 5.25. The zero-order valence-electron chi connectivity index (χ0n) is 16.9. The number of rotatable bonds is 8. The lowest BCUT2D eigenvalue weighted by Gasteiger charge is -2.10. The lowest BCUT2D eigenvalue weighted by Crippen LogP contribution is -2.19. The summed E-state index contributed by atoms with van der Waals surface area (Å²) < 4.78 is 6.61. The molecular formula is C22H20BrClN4O2S. The minimum atomic E-state index is -0.234. The van der Waals surface area contributed by atoms with E-state index in [9.17, 15) is 4.79 Å². The third kappa shape index (κ3) is 7.34. The molecule has 0 spiro atoms. The smallest absolute Gasteiger partial charge is 0.250 e. The van der Waals surface area contributed by atoms with Crippen LogP contribution < -0.4 is 10.2 Å². The Morgan fingerprint density at radius 2 is 1.94 bits per heavy atom. The van der Waals surface area contributed by atoms with Gasteiger partial charge in [-0.05, 0) is 65.7 Å². The van der Waals surface area contributed by atoms with Gasteiger partial charge in [-0.2, -0.15) is 5.10 Å². The molecule has 0 radical (unpaired) electrons. The standard InChI is InChI=1S/C22H20BrClN4O2S/c1-14-9-15(2)27-22(26-14)31-13-21(29)28-25-11-16-7-8-20(18(23)10-16)30-12-17-5-3-4-6-19(17)24/h3-11H,12-13H2,1-2H3,(H,28,29)/b25-11-. The number of ether oxygens (including phenoxy) is 1. The molecule has 3 rings (SSSR count). The molecule has 3 aromatic rings. The molecule has 0 atom stereocenters. The molecule has 2 aromatic carbocycles. The topological polar surface area (TPSA) is 76.5 Å². The van der Waals surface area contributed by atoms with E-state index in [1.165, 1.54) is 11.8 Å². The van der Waals surface area contributed by atoms with Gasteiger partial charge in [0.2, 0.25) is 0 Å². The summed E-state index contributed by atoms with van der Waals surface area (Å²) in [5.41, 5.74) is 5.98. The molecule has 1 aromatic heterocycles. The molecule has 0 aliphatic rings. The van der Waals surface area contributed by atoms with E-state index < -0.39 is 0 Å². The molecule has 6 nitrogen and oxygen atoms in total. The molecule has 0 aliphatic heterocycles. The van der Waals surface area contributed by atoms with Crippen molar-refractivity contribution < 1.29 is 9.53 Å². The van der Waals surface area contributed by atoms with Crippen LogP contribution in [0.1, 0.15) is 22.5 Å². The number of thioether (sulfide) groups is 1. The molecule has 31 heavy (non-hydrogen) atoms. The Hall–Kier alpha value is -2.42. The lowest BCUT2D eigenvalue weighted by molar-refractivity contribution is -0.118. The third-order valence-corrected chi connectivity index (χ3v) is 5.83. The normalized spacial score (nSPS) is 11.0. The fourth-order valence-electron chi connectivity index (χ4n) is 2.58. The molecule has 0 saturated carbocycles. The van der Waals surface area contributed by atoms with E-state index in [4.69, 9.17) is 16.3 Å². The highest BCUT2D eigenvalue weighted by atomic mass is 79.9. The van der Waals surface area contributed by atoms with Crippen LogP contribution in [0.4, 0.5) is 0 Å². The summed E-state index contributed by atoms with van der Waals surface area (Å²) in [5.74, 6) is 0.632.